The van der Waals surface area contributed by atoms with E-state index < -0.39 is 10.9 Å². The molecular formula is C24H19NO6. The summed E-state index contributed by atoms with van der Waals surface area (Å²) in [6.45, 7) is 1.97. The van der Waals surface area contributed by atoms with Gasteiger partial charge in [0.15, 0.2) is 5.78 Å². The van der Waals surface area contributed by atoms with Gasteiger partial charge in [-0.25, -0.2) is 4.79 Å². The minimum absolute atomic E-state index is 0.00517. The summed E-state index contributed by atoms with van der Waals surface area (Å²) in [4.78, 5) is 35.7. The van der Waals surface area contributed by atoms with Crippen molar-refractivity contribution in [1.82, 2.24) is 0 Å². The summed E-state index contributed by atoms with van der Waals surface area (Å²) in [5, 5.41) is 11.0. The molecule has 3 aromatic rings. The molecule has 3 aromatic carbocycles. The van der Waals surface area contributed by atoms with E-state index in [0.717, 1.165) is 17.2 Å². The third-order valence-electron chi connectivity index (χ3n) is 4.45. The highest BCUT2D eigenvalue weighted by atomic mass is 16.6. The number of rotatable bonds is 7. The average Bonchev–Trinajstić information content (AvgIpc) is 2.78. The maximum absolute atomic E-state index is 12.8. The third kappa shape index (κ3) is 5.42. The van der Waals surface area contributed by atoms with E-state index in [-0.39, 0.29) is 28.3 Å². The van der Waals surface area contributed by atoms with Crippen LogP contribution in [-0.4, -0.2) is 23.8 Å². The van der Waals surface area contributed by atoms with Crippen molar-refractivity contribution >= 4 is 23.5 Å². The Kier molecular flexibility index (Phi) is 6.57. The first-order valence-electron chi connectivity index (χ1n) is 9.31. The Morgan fingerprint density at radius 1 is 1.00 bits per heavy atom. The standard InChI is InChI=1S/C24H19NO6/c1-16-6-8-17(9-7-16)10-13-22(26)21-12-11-20(30-2)15-23(21)31-24(27)18-4-3-5-19(14-18)25(28)29/h3-15H,1-2H3. The number of allylic oxidation sites excluding steroid dienone is 1. The van der Waals surface area contributed by atoms with Crippen LogP contribution in [0.15, 0.2) is 72.8 Å². The van der Waals surface area contributed by atoms with Gasteiger partial charge in [0.1, 0.15) is 11.5 Å². The number of hydrogen-bond donors (Lipinski definition) is 0. The molecule has 0 heterocycles. The van der Waals surface area contributed by atoms with Gasteiger partial charge in [-0.15, -0.1) is 0 Å². The van der Waals surface area contributed by atoms with Gasteiger partial charge in [-0.05, 0) is 36.8 Å². The molecule has 0 amide bonds. The van der Waals surface area contributed by atoms with Crippen LogP contribution in [-0.2, 0) is 0 Å². The number of nitro groups is 1. The van der Waals surface area contributed by atoms with Crippen molar-refractivity contribution in [3.05, 3.63) is 105 Å². The fourth-order valence-electron chi connectivity index (χ4n) is 2.76. The quantitative estimate of drug-likeness (QED) is 0.134. The zero-order valence-corrected chi connectivity index (χ0v) is 16.9. The molecule has 0 aliphatic rings. The first-order chi connectivity index (χ1) is 14.9. The predicted molar refractivity (Wildman–Crippen MR) is 116 cm³/mol. The van der Waals surface area contributed by atoms with Crippen LogP contribution in [0, 0.1) is 17.0 Å². The number of esters is 1. The second-order valence-corrected chi connectivity index (χ2v) is 6.67. The average molecular weight is 417 g/mol. The van der Waals surface area contributed by atoms with Crippen LogP contribution in [0.1, 0.15) is 31.8 Å². The molecule has 0 saturated carbocycles. The van der Waals surface area contributed by atoms with Gasteiger partial charge in [0.05, 0.1) is 23.2 Å². The highest BCUT2D eigenvalue weighted by molar-refractivity contribution is 6.09. The second kappa shape index (κ2) is 9.49. The lowest BCUT2D eigenvalue weighted by Gasteiger charge is -2.10. The number of carbonyl (C=O) groups is 2. The van der Waals surface area contributed by atoms with Crippen molar-refractivity contribution in [1.29, 1.82) is 0 Å². The largest absolute Gasteiger partial charge is 0.497 e. The molecule has 0 spiro atoms. The number of nitrogens with zero attached hydrogens (tertiary/aromatic N) is 1. The zero-order valence-electron chi connectivity index (χ0n) is 16.9. The highest BCUT2D eigenvalue weighted by Crippen LogP contribution is 2.27. The van der Waals surface area contributed by atoms with Gasteiger partial charge >= 0.3 is 5.97 Å². The number of benzene rings is 3. The number of non-ortho nitro benzene ring substituents is 1. The van der Waals surface area contributed by atoms with Crippen molar-refractivity contribution in [2.24, 2.45) is 0 Å². The van der Waals surface area contributed by atoms with Crippen LogP contribution >= 0.6 is 0 Å². The van der Waals surface area contributed by atoms with E-state index in [9.17, 15) is 19.7 Å². The Labute approximate surface area is 178 Å². The molecule has 0 saturated heterocycles. The molecule has 7 nitrogen and oxygen atoms in total. The number of nitro benzene ring substituents is 1. The van der Waals surface area contributed by atoms with Gasteiger partial charge in [-0.2, -0.15) is 0 Å². The minimum Gasteiger partial charge on any atom is -0.497 e. The zero-order chi connectivity index (χ0) is 22.4. The molecule has 7 heteroatoms. The van der Waals surface area contributed by atoms with Gasteiger partial charge in [0.25, 0.3) is 5.69 Å². The first kappa shape index (κ1) is 21.4. The van der Waals surface area contributed by atoms with Gasteiger partial charge in [-0.3, -0.25) is 14.9 Å². The summed E-state index contributed by atoms with van der Waals surface area (Å²) in [7, 11) is 1.44. The van der Waals surface area contributed by atoms with E-state index >= 15 is 0 Å². The Bertz CT molecular complexity index is 1160. The maximum Gasteiger partial charge on any atom is 0.343 e. The summed E-state index contributed by atoms with van der Waals surface area (Å²) in [5.74, 6) is -0.811. The smallest absolute Gasteiger partial charge is 0.343 e. The van der Waals surface area contributed by atoms with E-state index in [1.807, 2.05) is 31.2 Å². The molecular weight excluding hydrogens is 398 g/mol. The van der Waals surface area contributed by atoms with Gasteiger partial charge in [-0.1, -0.05) is 42.0 Å². The van der Waals surface area contributed by atoms with Crippen LogP contribution in [0.5, 0.6) is 11.5 Å². The number of aryl methyl sites for hydroxylation is 1. The van der Waals surface area contributed by atoms with Crippen LogP contribution in [0.25, 0.3) is 6.08 Å². The van der Waals surface area contributed by atoms with Crippen molar-refractivity contribution < 1.29 is 24.0 Å². The maximum atomic E-state index is 12.8. The lowest BCUT2D eigenvalue weighted by molar-refractivity contribution is -0.384. The van der Waals surface area contributed by atoms with Crippen molar-refractivity contribution in [3.63, 3.8) is 0 Å². The summed E-state index contributed by atoms with van der Waals surface area (Å²) < 4.78 is 10.6. The van der Waals surface area contributed by atoms with Crippen LogP contribution in [0.2, 0.25) is 0 Å². The van der Waals surface area contributed by atoms with E-state index in [2.05, 4.69) is 0 Å². The normalized spacial score (nSPS) is 10.6. The Morgan fingerprint density at radius 3 is 2.42 bits per heavy atom. The number of hydrogen-bond acceptors (Lipinski definition) is 6. The fraction of sp³-hybridized carbons (Fsp3) is 0.0833. The minimum atomic E-state index is -0.825. The SMILES string of the molecule is COc1ccc(C(=O)C=Cc2ccc(C)cc2)c(OC(=O)c2cccc([N+](=O)[O-])c2)c1. The van der Waals surface area contributed by atoms with Gasteiger partial charge < -0.3 is 9.47 Å². The summed E-state index contributed by atoms with van der Waals surface area (Å²) in [6, 6.07) is 17.3. The monoisotopic (exact) mass is 417 g/mol. The topological polar surface area (TPSA) is 95.7 Å². The molecule has 0 aliphatic carbocycles. The summed E-state index contributed by atoms with van der Waals surface area (Å²) in [5.41, 5.74) is 1.86. The molecule has 0 aromatic heterocycles. The Hall–Kier alpha value is -4.26. The van der Waals surface area contributed by atoms with E-state index in [1.165, 1.54) is 43.5 Å². The molecule has 0 aliphatic heterocycles. The van der Waals surface area contributed by atoms with Crippen molar-refractivity contribution in [2.45, 2.75) is 6.92 Å². The lowest BCUT2D eigenvalue weighted by Crippen LogP contribution is -2.11. The molecule has 3 rings (SSSR count). The van der Waals surface area contributed by atoms with Crippen molar-refractivity contribution in [2.75, 3.05) is 7.11 Å². The highest BCUT2D eigenvalue weighted by Gasteiger charge is 2.18. The molecule has 0 unspecified atom stereocenters. The Balaban J connectivity index is 1.88. The predicted octanol–water partition coefficient (Wildman–Crippen LogP) is 5.03. The molecule has 156 valence electrons. The number of ether oxygens (including phenoxy) is 2. The second-order valence-electron chi connectivity index (χ2n) is 6.67. The lowest BCUT2D eigenvalue weighted by atomic mass is 10.1. The molecule has 0 fully saturated rings. The number of carbonyl (C=O) groups excluding carboxylic acids is 2. The van der Waals surface area contributed by atoms with E-state index in [4.69, 9.17) is 9.47 Å². The molecule has 0 atom stereocenters. The van der Waals surface area contributed by atoms with Crippen LogP contribution in [0.4, 0.5) is 5.69 Å². The molecule has 0 N–H and O–H groups in total. The number of ketones is 1. The van der Waals surface area contributed by atoms with Gasteiger partial charge in [0, 0.05) is 18.2 Å². The van der Waals surface area contributed by atoms with E-state index in [1.54, 1.807) is 12.1 Å². The van der Waals surface area contributed by atoms with Gasteiger partial charge in [0.2, 0.25) is 0 Å². The molecule has 0 bridgehead atoms. The summed E-state index contributed by atoms with van der Waals surface area (Å²) >= 11 is 0. The third-order valence-corrected chi connectivity index (χ3v) is 4.45. The number of methoxy groups -OCH3 is 1. The Morgan fingerprint density at radius 2 is 1.74 bits per heavy atom. The molecule has 31 heavy (non-hydrogen) atoms. The molecule has 0 radical (unpaired) electrons. The fourth-order valence-corrected chi connectivity index (χ4v) is 2.76. The van der Waals surface area contributed by atoms with E-state index in [0.29, 0.717) is 5.75 Å². The van der Waals surface area contributed by atoms with Crippen LogP contribution < -0.4 is 9.47 Å². The van der Waals surface area contributed by atoms with Crippen molar-refractivity contribution in [3.8, 4) is 11.5 Å². The summed E-state index contributed by atoms with van der Waals surface area (Å²) in [6.07, 6.45) is 3.05. The van der Waals surface area contributed by atoms with Crippen LogP contribution in [0.3, 0.4) is 0 Å². The first-order valence-corrected chi connectivity index (χ1v) is 9.31.